The lowest BCUT2D eigenvalue weighted by molar-refractivity contribution is -0.162. The van der Waals surface area contributed by atoms with Crippen LogP contribution < -0.4 is 5.32 Å². The first-order valence-corrected chi connectivity index (χ1v) is 9.83. The van der Waals surface area contributed by atoms with Gasteiger partial charge in [-0.15, -0.1) is 0 Å². The van der Waals surface area contributed by atoms with Gasteiger partial charge in [-0.3, -0.25) is 5.32 Å². The lowest BCUT2D eigenvalue weighted by atomic mass is 9.84. The summed E-state index contributed by atoms with van der Waals surface area (Å²) in [6.45, 7) is 6.42. The molecule has 0 radical (unpaired) electrons. The molecule has 2 N–H and O–H groups in total. The number of fused-ring (bicyclic) bond motifs is 2. The van der Waals surface area contributed by atoms with E-state index in [1.54, 1.807) is 0 Å². The molecule has 4 aliphatic rings. The second-order valence-corrected chi connectivity index (χ2v) is 8.08. The van der Waals surface area contributed by atoms with Crippen LogP contribution in [0.2, 0.25) is 0 Å². The van der Waals surface area contributed by atoms with Gasteiger partial charge in [-0.2, -0.15) is 0 Å². The van der Waals surface area contributed by atoms with Gasteiger partial charge in [0.1, 0.15) is 0 Å². The molecule has 4 unspecified atom stereocenters. The van der Waals surface area contributed by atoms with Gasteiger partial charge in [0.25, 0.3) is 0 Å². The Bertz CT molecular complexity index is 495. The van der Waals surface area contributed by atoms with Crippen LogP contribution in [0.1, 0.15) is 52.4 Å². The molecule has 4 fully saturated rings. The van der Waals surface area contributed by atoms with Crippen LogP contribution >= 0.6 is 0 Å². The fourth-order valence-corrected chi connectivity index (χ4v) is 5.49. The van der Waals surface area contributed by atoms with Crippen LogP contribution in [0.25, 0.3) is 0 Å². The monoisotopic (exact) mass is 353 g/mol. The van der Waals surface area contributed by atoms with Crippen molar-refractivity contribution in [1.82, 2.24) is 15.1 Å². The maximum Gasteiger partial charge on any atom is 0.410 e. The van der Waals surface area contributed by atoms with E-state index in [0.717, 1.165) is 51.6 Å². The van der Waals surface area contributed by atoms with Crippen LogP contribution in [0.3, 0.4) is 0 Å². The molecule has 2 bridgehead atoms. The van der Waals surface area contributed by atoms with E-state index < -0.39 is 6.41 Å². The number of amides is 1. The molecule has 4 heterocycles. The molecule has 7 nitrogen and oxygen atoms in total. The van der Waals surface area contributed by atoms with Gasteiger partial charge >= 0.3 is 6.09 Å². The lowest BCUT2D eigenvalue weighted by Gasteiger charge is -2.47. The van der Waals surface area contributed by atoms with E-state index in [4.69, 9.17) is 9.47 Å². The Morgan fingerprint density at radius 1 is 1.24 bits per heavy atom. The van der Waals surface area contributed by atoms with Gasteiger partial charge in [-0.1, -0.05) is 0 Å². The molecule has 0 aromatic carbocycles. The first kappa shape index (κ1) is 17.5. The van der Waals surface area contributed by atoms with Gasteiger partial charge in [0.2, 0.25) is 6.41 Å². The molecule has 0 aromatic heterocycles. The molecule has 4 rings (SSSR count). The minimum atomic E-state index is -0.829. The Kier molecular flexibility index (Phi) is 4.68. The number of aliphatic hydroxyl groups excluding tert-OH is 1. The largest absolute Gasteiger partial charge is 0.450 e. The third kappa shape index (κ3) is 3.05. The summed E-state index contributed by atoms with van der Waals surface area (Å²) in [6.07, 6.45) is 5.27. The molecule has 4 aliphatic heterocycles. The smallest absolute Gasteiger partial charge is 0.410 e. The van der Waals surface area contributed by atoms with E-state index in [-0.39, 0.29) is 17.7 Å². The summed E-state index contributed by atoms with van der Waals surface area (Å²) >= 11 is 0. The zero-order valence-corrected chi connectivity index (χ0v) is 15.3. The molecule has 0 saturated carbocycles. The molecular weight excluding hydrogens is 322 g/mol. The Hall–Kier alpha value is -0.890. The molecule has 4 atom stereocenters. The standard InChI is InChI=1S/C18H31N3O4/c1-3-24-17(23)21-13-4-5-14(21)11-15(10-13)20-8-6-18(7-9-20)12(2)19-16(22)25-18/h12-16,19,22H,3-11H2,1-2H3. The number of nitrogens with zero attached hydrogens (tertiary/aromatic N) is 2. The predicted octanol–water partition coefficient (Wildman–Crippen LogP) is 1.26. The summed E-state index contributed by atoms with van der Waals surface area (Å²) in [4.78, 5) is 16.8. The number of carbonyl (C=O) groups excluding carboxylic acids is 1. The molecule has 0 aromatic rings. The summed E-state index contributed by atoms with van der Waals surface area (Å²) < 4.78 is 11.1. The number of hydrogen-bond acceptors (Lipinski definition) is 6. The second kappa shape index (κ2) is 6.68. The van der Waals surface area contributed by atoms with E-state index in [1.807, 2.05) is 11.8 Å². The van der Waals surface area contributed by atoms with Crippen LogP contribution in [0.4, 0.5) is 4.79 Å². The lowest BCUT2D eigenvalue weighted by Crippen LogP contribution is -2.57. The Balaban J connectivity index is 1.35. The summed E-state index contributed by atoms with van der Waals surface area (Å²) in [5.74, 6) is 0. The number of carbonyl (C=O) groups is 1. The van der Waals surface area contributed by atoms with Crippen molar-refractivity contribution in [3.63, 3.8) is 0 Å². The molecule has 7 heteroatoms. The maximum atomic E-state index is 12.2. The zero-order valence-electron chi connectivity index (χ0n) is 15.3. The first-order valence-electron chi connectivity index (χ1n) is 9.83. The van der Waals surface area contributed by atoms with Crippen molar-refractivity contribution in [2.24, 2.45) is 0 Å². The topological polar surface area (TPSA) is 74.3 Å². The number of aliphatic hydroxyl groups is 1. The predicted molar refractivity (Wildman–Crippen MR) is 91.9 cm³/mol. The second-order valence-electron chi connectivity index (χ2n) is 8.08. The first-order chi connectivity index (χ1) is 12.0. The van der Waals surface area contributed by atoms with Crippen LogP contribution in [-0.2, 0) is 9.47 Å². The third-order valence-electron chi connectivity index (χ3n) is 6.88. The van der Waals surface area contributed by atoms with E-state index in [9.17, 15) is 9.90 Å². The fourth-order valence-electron chi connectivity index (χ4n) is 5.49. The molecule has 0 aliphatic carbocycles. The van der Waals surface area contributed by atoms with E-state index in [1.165, 1.54) is 0 Å². The van der Waals surface area contributed by atoms with Gasteiger partial charge in [0.05, 0.1) is 12.2 Å². The minimum absolute atomic E-state index is 0.126. The highest BCUT2D eigenvalue weighted by Crippen LogP contribution is 2.41. The van der Waals surface area contributed by atoms with Gasteiger partial charge in [0, 0.05) is 37.3 Å². The van der Waals surface area contributed by atoms with Crippen molar-refractivity contribution in [3.8, 4) is 0 Å². The van der Waals surface area contributed by atoms with E-state index >= 15 is 0 Å². The molecule has 1 spiro atoms. The molecule has 142 valence electrons. The number of ether oxygens (including phenoxy) is 2. The Labute approximate surface area is 149 Å². The average Bonchev–Trinajstić information content (AvgIpc) is 3.01. The number of piperidine rings is 2. The molecular formula is C18H31N3O4. The Morgan fingerprint density at radius 2 is 1.88 bits per heavy atom. The normalized spacial score (nSPS) is 40.6. The summed E-state index contributed by atoms with van der Waals surface area (Å²) in [7, 11) is 0. The van der Waals surface area contributed by atoms with Gasteiger partial charge in [0.15, 0.2) is 0 Å². The number of hydrogen-bond donors (Lipinski definition) is 2. The fraction of sp³-hybridized carbons (Fsp3) is 0.944. The molecule has 1 amide bonds. The van der Waals surface area contributed by atoms with Crippen LogP contribution in [0.5, 0.6) is 0 Å². The quantitative estimate of drug-likeness (QED) is 0.779. The summed E-state index contributed by atoms with van der Waals surface area (Å²) in [6, 6.07) is 1.41. The van der Waals surface area contributed by atoms with E-state index in [0.29, 0.717) is 24.7 Å². The number of nitrogens with one attached hydrogen (secondary N) is 1. The maximum absolute atomic E-state index is 12.2. The highest BCUT2D eigenvalue weighted by Gasteiger charge is 2.50. The van der Waals surface area contributed by atoms with Crippen molar-refractivity contribution in [2.45, 2.75) is 88.6 Å². The van der Waals surface area contributed by atoms with Crippen LogP contribution in [0, 0.1) is 0 Å². The highest BCUT2D eigenvalue weighted by molar-refractivity contribution is 5.69. The van der Waals surface area contributed by atoms with Gasteiger partial charge in [-0.05, 0) is 52.4 Å². The van der Waals surface area contributed by atoms with Crippen LogP contribution in [0.15, 0.2) is 0 Å². The number of likely N-dealkylation sites (tertiary alicyclic amines) is 1. The molecule has 4 saturated heterocycles. The molecule has 25 heavy (non-hydrogen) atoms. The van der Waals surface area contributed by atoms with Crippen molar-refractivity contribution in [2.75, 3.05) is 19.7 Å². The van der Waals surface area contributed by atoms with E-state index in [2.05, 4.69) is 17.1 Å². The van der Waals surface area contributed by atoms with Crippen molar-refractivity contribution >= 4 is 6.09 Å². The van der Waals surface area contributed by atoms with Crippen molar-refractivity contribution in [1.29, 1.82) is 0 Å². The highest BCUT2D eigenvalue weighted by atomic mass is 16.6. The minimum Gasteiger partial charge on any atom is -0.450 e. The van der Waals surface area contributed by atoms with Crippen LogP contribution in [-0.4, -0.2) is 76.9 Å². The summed E-state index contributed by atoms with van der Waals surface area (Å²) in [5.41, 5.74) is -0.222. The summed E-state index contributed by atoms with van der Waals surface area (Å²) in [5, 5.41) is 12.8. The van der Waals surface area contributed by atoms with Gasteiger partial charge in [-0.25, -0.2) is 4.79 Å². The number of rotatable bonds is 2. The van der Waals surface area contributed by atoms with Gasteiger partial charge < -0.3 is 24.4 Å². The Morgan fingerprint density at radius 3 is 2.40 bits per heavy atom. The third-order valence-corrected chi connectivity index (χ3v) is 6.88. The average molecular weight is 353 g/mol. The zero-order chi connectivity index (χ0) is 17.6. The van der Waals surface area contributed by atoms with Crippen molar-refractivity contribution < 1.29 is 19.4 Å². The van der Waals surface area contributed by atoms with Crippen molar-refractivity contribution in [3.05, 3.63) is 0 Å². The SMILES string of the molecule is CCOC(=O)N1C2CCC1CC(N1CCC3(CC1)OC(O)NC3C)C2.